The van der Waals surface area contributed by atoms with Gasteiger partial charge in [0, 0.05) is 5.56 Å². The number of carbonyl (C=O) groups excluding carboxylic acids is 1. The maximum atomic E-state index is 11.7. The fourth-order valence-electron chi connectivity index (χ4n) is 1.10. The maximum Gasteiger partial charge on any atom is 0.452 e. The Morgan fingerprint density at radius 3 is 2.31 bits per heavy atom. The Labute approximate surface area is 93.3 Å². The second kappa shape index (κ2) is 4.83. The van der Waals surface area contributed by atoms with Crippen molar-refractivity contribution in [3.63, 3.8) is 0 Å². The van der Waals surface area contributed by atoms with Gasteiger partial charge in [0.25, 0.3) is 15.6 Å². The molecule has 1 rings (SSSR count). The molecular formula is C10H10N2O3S. The lowest BCUT2D eigenvalue weighted by Gasteiger charge is -1.96. The van der Waals surface area contributed by atoms with Crippen LogP contribution in [0.25, 0.3) is 5.53 Å². The quantitative estimate of drug-likeness (QED) is 0.258. The standard InChI is InChI=1S/C10H10N2O3S/c1-2-16(14,15)10(12-11)9(13)8-6-4-3-5-7-8/h3-7H,2H2,1H3. The maximum absolute atomic E-state index is 11.7. The topological polar surface area (TPSA) is 87.6 Å². The van der Waals surface area contributed by atoms with E-state index in [-0.39, 0.29) is 11.3 Å². The first-order valence-electron chi connectivity index (χ1n) is 4.57. The monoisotopic (exact) mass is 238 g/mol. The molecule has 0 aliphatic carbocycles. The van der Waals surface area contributed by atoms with E-state index in [0.29, 0.717) is 0 Å². The number of hydrogen-bond acceptors (Lipinski definition) is 3. The molecule has 1 aromatic carbocycles. The van der Waals surface area contributed by atoms with Gasteiger partial charge in [0.1, 0.15) is 0 Å². The summed E-state index contributed by atoms with van der Waals surface area (Å²) in [6.45, 7) is 1.37. The van der Waals surface area contributed by atoms with Crippen LogP contribution in [0, 0.1) is 0 Å². The molecule has 0 unspecified atom stereocenters. The summed E-state index contributed by atoms with van der Waals surface area (Å²) in [5.41, 5.74) is 8.79. The number of rotatable bonds is 3. The number of benzene rings is 1. The van der Waals surface area contributed by atoms with Gasteiger partial charge < -0.3 is 5.53 Å². The molecule has 5 nitrogen and oxygen atoms in total. The smallest absolute Gasteiger partial charge is 0.360 e. The van der Waals surface area contributed by atoms with Gasteiger partial charge in [-0.2, -0.15) is 0 Å². The van der Waals surface area contributed by atoms with E-state index in [9.17, 15) is 13.2 Å². The molecule has 16 heavy (non-hydrogen) atoms. The largest absolute Gasteiger partial charge is 0.452 e. The van der Waals surface area contributed by atoms with Crippen LogP contribution in [0.15, 0.2) is 30.3 Å². The fourth-order valence-corrected chi connectivity index (χ4v) is 1.90. The van der Waals surface area contributed by atoms with E-state index in [4.69, 9.17) is 5.53 Å². The van der Waals surface area contributed by atoms with Crippen molar-refractivity contribution in [1.82, 2.24) is 0 Å². The Bertz CT molecular complexity index is 543. The van der Waals surface area contributed by atoms with Crippen LogP contribution < -0.4 is 0 Å². The second-order valence-corrected chi connectivity index (χ2v) is 5.20. The van der Waals surface area contributed by atoms with Gasteiger partial charge in [-0.15, -0.1) is 4.79 Å². The van der Waals surface area contributed by atoms with Crippen LogP contribution >= 0.6 is 0 Å². The molecule has 0 saturated heterocycles. The molecule has 0 aliphatic rings. The number of ketones is 1. The molecule has 6 heteroatoms. The van der Waals surface area contributed by atoms with E-state index in [1.54, 1.807) is 18.2 Å². The van der Waals surface area contributed by atoms with Gasteiger partial charge in [0.2, 0.25) is 0 Å². The zero-order valence-electron chi connectivity index (χ0n) is 8.62. The van der Waals surface area contributed by atoms with Crippen molar-refractivity contribution < 1.29 is 18.0 Å². The van der Waals surface area contributed by atoms with Crippen molar-refractivity contribution in [2.45, 2.75) is 6.92 Å². The highest BCUT2D eigenvalue weighted by Crippen LogP contribution is 2.04. The van der Waals surface area contributed by atoms with Gasteiger partial charge in [-0.1, -0.05) is 37.3 Å². The molecular weight excluding hydrogens is 228 g/mol. The van der Waals surface area contributed by atoms with E-state index < -0.39 is 20.7 Å². The lowest BCUT2D eigenvalue weighted by molar-refractivity contribution is -0.00156. The third-order valence-electron chi connectivity index (χ3n) is 2.00. The normalized spacial score (nSPS) is 10.6. The van der Waals surface area contributed by atoms with E-state index in [1.807, 2.05) is 0 Å². The Hall–Kier alpha value is -1.78. The lowest BCUT2D eigenvalue weighted by Crippen LogP contribution is -2.27. The molecule has 0 aliphatic heterocycles. The molecule has 0 amide bonds. The van der Waals surface area contributed by atoms with Gasteiger partial charge >= 0.3 is 5.04 Å². The number of carbonyl (C=O) groups is 1. The average molecular weight is 238 g/mol. The number of hydrogen-bond donors (Lipinski definition) is 0. The van der Waals surface area contributed by atoms with E-state index in [2.05, 4.69) is 4.79 Å². The summed E-state index contributed by atoms with van der Waals surface area (Å²) >= 11 is 0. The molecule has 0 bridgehead atoms. The minimum Gasteiger partial charge on any atom is -0.360 e. The van der Waals surface area contributed by atoms with Crippen LogP contribution in [0.5, 0.6) is 0 Å². The highest BCUT2D eigenvalue weighted by Gasteiger charge is 2.34. The van der Waals surface area contributed by atoms with E-state index in [0.717, 1.165) is 0 Å². The van der Waals surface area contributed by atoms with Crippen molar-refractivity contribution >= 4 is 20.7 Å². The van der Waals surface area contributed by atoms with Gasteiger partial charge in [-0.25, -0.2) is 8.42 Å². The van der Waals surface area contributed by atoms with Gasteiger partial charge in [0.15, 0.2) is 0 Å². The first-order valence-corrected chi connectivity index (χ1v) is 6.22. The summed E-state index contributed by atoms with van der Waals surface area (Å²) in [5, 5.41) is -0.818. The first-order chi connectivity index (χ1) is 7.53. The van der Waals surface area contributed by atoms with Crippen molar-refractivity contribution in [1.29, 1.82) is 0 Å². The van der Waals surface area contributed by atoms with Crippen molar-refractivity contribution in [2.75, 3.05) is 5.75 Å². The van der Waals surface area contributed by atoms with Crippen molar-refractivity contribution in [2.24, 2.45) is 0 Å². The number of sulfone groups is 1. The number of nitrogens with zero attached hydrogens (tertiary/aromatic N) is 2. The SMILES string of the molecule is CCS(=O)(=O)C(=[N+]=[N-])C(=O)c1ccccc1. The van der Waals surface area contributed by atoms with Crippen LogP contribution in [-0.2, 0) is 9.84 Å². The van der Waals surface area contributed by atoms with E-state index in [1.165, 1.54) is 19.1 Å². The van der Waals surface area contributed by atoms with E-state index >= 15 is 0 Å². The summed E-state index contributed by atoms with van der Waals surface area (Å²) in [6.07, 6.45) is 0. The highest BCUT2D eigenvalue weighted by atomic mass is 32.2. The Morgan fingerprint density at radius 1 is 1.31 bits per heavy atom. The molecule has 84 valence electrons. The molecule has 0 spiro atoms. The summed E-state index contributed by atoms with van der Waals surface area (Å²) < 4.78 is 22.9. The minimum absolute atomic E-state index is 0.173. The van der Waals surface area contributed by atoms with Crippen molar-refractivity contribution in [3.05, 3.63) is 41.4 Å². The minimum atomic E-state index is -3.81. The average Bonchev–Trinajstić information content (AvgIpc) is 2.30. The molecule has 0 atom stereocenters. The summed E-state index contributed by atoms with van der Waals surface area (Å²) in [7, 11) is -3.81. The summed E-state index contributed by atoms with van der Waals surface area (Å²) in [5.74, 6) is -1.09. The molecule has 0 N–H and O–H groups in total. The summed E-state index contributed by atoms with van der Waals surface area (Å²) in [4.78, 5) is 14.3. The van der Waals surface area contributed by atoms with Crippen molar-refractivity contribution in [3.8, 4) is 0 Å². The van der Waals surface area contributed by atoms with Gasteiger partial charge in [-0.05, 0) is 0 Å². The fraction of sp³-hybridized carbons (Fsp3) is 0.200. The van der Waals surface area contributed by atoms with Crippen LogP contribution in [0.2, 0.25) is 0 Å². The molecule has 0 radical (unpaired) electrons. The third kappa shape index (κ3) is 2.42. The predicted molar refractivity (Wildman–Crippen MR) is 58.9 cm³/mol. The predicted octanol–water partition coefficient (Wildman–Crippen LogP) is 0.932. The Morgan fingerprint density at radius 2 is 1.88 bits per heavy atom. The second-order valence-electron chi connectivity index (χ2n) is 3.00. The van der Waals surface area contributed by atoms with Crippen LogP contribution in [0.1, 0.15) is 17.3 Å². The third-order valence-corrected chi connectivity index (χ3v) is 3.61. The zero-order chi connectivity index (χ0) is 12.2. The first kappa shape index (κ1) is 12.3. The molecule has 0 heterocycles. The molecule has 0 aromatic heterocycles. The molecule has 1 aromatic rings. The van der Waals surface area contributed by atoms with Gasteiger partial charge in [0.05, 0.1) is 5.75 Å². The Balaban J connectivity index is 3.22. The van der Waals surface area contributed by atoms with Crippen LogP contribution in [0.3, 0.4) is 0 Å². The van der Waals surface area contributed by atoms with Crippen LogP contribution in [-0.4, -0.2) is 29.8 Å². The molecule has 0 fully saturated rings. The van der Waals surface area contributed by atoms with Gasteiger partial charge in [-0.3, -0.25) is 4.79 Å². The zero-order valence-corrected chi connectivity index (χ0v) is 9.44. The summed E-state index contributed by atoms with van der Waals surface area (Å²) in [6, 6.07) is 7.81. The Kier molecular flexibility index (Phi) is 3.71. The number of Topliss-reactive ketones (excluding diaryl/α,β-unsaturated/α-hetero) is 1. The highest BCUT2D eigenvalue weighted by molar-refractivity contribution is 8.08. The van der Waals surface area contributed by atoms with Crippen LogP contribution in [0.4, 0.5) is 0 Å². The lowest BCUT2D eigenvalue weighted by atomic mass is 10.1. The molecule has 0 saturated carbocycles.